The highest BCUT2D eigenvalue weighted by Crippen LogP contribution is 2.37. The van der Waals surface area contributed by atoms with Gasteiger partial charge in [0.2, 0.25) is 0 Å². The van der Waals surface area contributed by atoms with Crippen molar-refractivity contribution in [3.8, 4) is 0 Å². The average molecular weight is 259 g/mol. The first-order chi connectivity index (χ1) is 9.22. The molecule has 1 heteroatoms. The number of hydrogen-bond donors (Lipinski definition) is 1. The number of nitrogens with one attached hydrogen (secondary N) is 1. The number of rotatable bonds is 5. The predicted molar refractivity (Wildman–Crippen MR) is 83.8 cm³/mol. The molecule has 0 radical (unpaired) electrons. The van der Waals surface area contributed by atoms with E-state index in [1.165, 1.54) is 49.8 Å². The van der Waals surface area contributed by atoms with Crippen LogP contribution in [0.3, 0.4) is 0 Å². The fourth-order valence-electron chi connectivity index (χ4n) is 3.35. The summed E-state index contributed by atoms with van der Waals surface area (Å²) in [4.78, 5) is 0. The van der Waals surface area contributed by atoms with Gasteiger partial charge in [0.25, 0.3) is 0 Å². The molecule has 0 aromatic heterocycles. The first-order valence-electron chi connectivity index (χ1n) is 8.00. The Bertz CT molecular complexity index is 397. The van der Waals surface area contributed by atoms with Crippen molar-refractivity contribution < 1.29 is 0 Å². The molecule has 0 bridgehead atoms. The van der Waals surface area contributed by atoms with E-state index in [1.807, 2.05) is 0 Å². The molecule has 1 aromatic rings. The van der Waals surface area contributed by atoms with Crippen molar-refractivity contribution in [2.45, 2.75) is 58.8 Å². The molecule has 1 fully saturated rings. The Morgan fingerprint density at radius 3 is 2.63 bits per heavy atom. The monoisotopic (exact) mass is 259 g/mol. The van der Waals surface area contributed by atoms with Gasteiger partial charge >= 0.3 is 0 Å². The van der Waals surface area contributed by atoms with E-state index in [9.17, 15) is 0 Å². The maximum Gasteiger partial charge on any atom is -0.00147 e. The minimum atomic E-state index is 0.775. The predicted octanol–water partition coefficient (Wildman–Crippen LogP) is 4.58. The Morgan fingerprint density at radius 1 is 1.11 bits per heavy atom. The molecule has 0 spiro atoms. The summed E-state index contributed by atoms with van der Waals surface area (Å²) >= 11 is 0. The van der Waals surface area contributed by atoms with Gasteiger partial charge < -0.3 is 5.32 Å². The van der Waals surface area contributed by atoms with Gasteiger partial charge in [-0.25, -0.2) is 0 Å². The van der Waals surface area contributed by atoms with Crippen LogP contribution < -0.4 is 5.32 Å². The lowest BCUT2D eigenvalue weighted by Gasteiger charge is -2.32. The van der Waals surface area contributed by atoms with Gasteiger partial charge in [-0.15, -0.1) is 0 Å². The molecule has 0 amide bonds. The zero-order chi connectivity index (χ0) is 13.7. The minimum Gasteiger partial charge on any atom is -0.316 e. The van der Waals surface area contributed by atoms with E-state index in [0.717, 1.165) is 18.4 Å². The third-order valence-corrected chi connectivity index (χ3v) is 4.70. The Labute approximate surface area is 118 Å². The van der Waals surface area contributed by atoms with Gasteiger partial charge in [0.1, 0.15) is 0 Å². The van der Waals surface area contributed by atoms with Crippen LogP contribution in [0.1, 0.15) is 61.6 Å². The second-order valence-electron chi connectivity index (χ2n) is 6.20. The Hall–Kier alpha value is -0.820. The van der Waals surface area contributed by atoms with Crippen LogP contribution in [0.5, 0.6) is 0 Å². The molecule has 1 aromatic carbocycles. The highest BCUT2D eigenvalue weighted by atomic mass is 14.9. The van der Waals surface area contributed by atoms with Crippen LogP contribution in [0.2, 0.25) is 0 Å². The Balaban J connectivity index is 2.07. The lowest BCUT2D eigenvalue weighted by Crippen LogP contribution is -2.30. The summed E-state index contributed by atoms with van der Waals surface area (Å²) in [5, 5.41) is 3.63. The lowest BCUT2D eigenvalue weighted by atomic mass is 9.75. The highest BCUT2D eigenvalue weighted by Gasteiger charge is 2.26. The molecule has 1 nitrogen and oxygen atoms in total. The maximum atomic E-state index is 3.63. The summed E-state index contributed by atoms with van der Waals surface area (Å²) in [6.07, 6.45) is 6.83. The third-order valence-electron chi connectivity index (χ3n) is 4.70. The summed E-state index contributed by atoms with van der Waals surface area (Å²) in [5.41, 5.74) is 4.44. The fourth-order valence-corrected chi connectivity index (χ4v) is 3.35. The van der Waals surface area contributed by atoms with E-state index in [1.54, 1.807) is 5.56 Å². The van der Waals surface area contributed by atoms with Crippen molar-refractivity contribution >= 4 is 0 Å². The smallest absolute Gasteiger partial charge is 0.00147 e. The summed E-state index contributed by atoms with van der Waals surface area (Å²) < 4.78 is 0. The quantitative estimate of drug-likeness (QED) is 0.763. The van der Waals surface area contributed by atoms with E-state index in [-0.39, 0.29) is 0 Å². The van der Waals surface area contributed by atoms with Gasteiger partial charge in [-0.3, -0.25) is 0 Å². The second-order valence-corrected chi connectivity index (χ2v) is 6.20. The molecule has 2 unspecified atom stereocenters. The molecule has 0 saturated heterocycles. The van der Waals surface area contributed by atoms with E-state index < -0.39 is 0 Å². The van der Waals surface area contributed by atoms with Gasteiger partial charge in [0.15, 0.2) is 0 Å². The zero-order valence-corrected chi connectivity index (χ0v) is 12.8. The second kappa shape index (κ2) is 7.09. The standard InChI is InChI=1S/C18H29N/c1-4-11-19-13-17-7-5-6-8-18(17)16-10-9-14(2)15(3)12-16/h9-10,12,17-19H,4-8,11,13H2,1-3H3. The molecule has 0 heterocycles. The number of hydrogen-bond acceptors (Lipinski definition) is 1. The van der Waals surface area contributed by atoms with E-state index in [2.05, 4.69) is 44.3 Å². The van der Waals surface area contributed by atoms with Crippen LogP contribution in [0.4, 0.5) is 0 Å². The molecule has 106 valence electrons. The molecule has 19 heavy (non-hydrogen) atoms. The van der Waals surface area contributed by atoms with Crippen LogP contribution in [0.25, 0.3) is 0 Å². The van der Waals surface area contributed by atoms with Crippen molar-refractivity contribution in [2.75, 3.05) is 13.1 Å². The average Bonchev–Trinajstić information content (AvgIpc) is 2.43. The SMILES string of the molecule is CCCNCC1CCCCC1c1ccc(C)c(C)c1. The molecule has 2 rings (SSSR count). The molecule has 1 N–H and O–H groups in total. The summed E-state index contributed by atoms with van der Waals surface area (Å²) in [6, 6.07) is 7.10. The molecule has 0 aliphatic heterocycles. The molecular formula is C18H29N. The first-order valence-corrected chi connectivity index (χ1v) is 8.00. The summed E-state index contributed by atoms with van der Waals surface area (Å²) in [6.45, 7) is 9.06. The largest absolute Gasteiger partial charge is 0.316 e. The summed E-state index contributed by atoms with van der Waals surface area (Å²) in [5.74, 6) is 1.61. The minimum absolute atomic E-state index is 0.775. The van der Waals surface area contributed by atoms with Gasteiger partial charge in [-0.2, -0.15) is 0 Å². The third kappa shape index (κ3) is 3.82. The van der Waals surface area contributed by atoms with Crippen molar-refractivity contribution in [2.24, 2.45) is 5.92 Å². The van der Waals surface area contributed by atoms with Crippen molar-refractivity contribution in [1.29, 1.82) is 0 Å². The lowest BCUT2D eigenvalue weighted by molar-refractivity contribution is 0.296. The van der Waals surface area contributed by atoms with E-state index in [0.29, 0.717) is 0 Å². The van der Waals surface area contributed by atoms with Gasteiger partial charge in [0.05, 0.1) is 0 Å². The normalized spacial score (nSPS) is 23.5. The Morgan fingerprint density at radius 2 is 1.89 bits per heavy atom. The van der Waals surface area contributed by atoms with Crippen LogP contribution >= 0.6 is 0 Å². The number of benzene rings is 1. The first kappa shape index (κ1) is 14.6. The molecule has 1 saturated carbocycles. The van der Waals surface area contributed by atoms with Crippen molar-refractivity contribution in [1.82, 2.24) is 5.32 Å². The summed E-state index contributed by atoms with van der Waals surface area (Å²) in [7, 11) is 0. The number of aryl methyl sites for hydroxylation is 2. The molecule has 2 atom stereocenters. The zero-order valence-electron chi connectivity index (χ0n) is 12.8. The molecule has 1 aliphatic carbocycles. The van der Waals surface area contributed by atoms with Crippen molar-refractivity contribution in [3.05, 3.63) is 34.9 Å². The van der Waals surface area contributed by atoms with Crippen molar-refractivity contribution in [3.63, 3.8) is 0 Å². The van der Waals surface area contributed by atoms with Crippen LogP contribution in [0.15, 0.2) is 18.2 Å². The highest BCUT2D eigenvalue weighted by molar-refractivity contribution is 5.32. The Kier molecular flexibility index (Phi) is 5.45. The van der Waals surface area contributed by atoms with E-state index in [4.69, 9.17) is 0 Å². The van der Waals surface area contributed by atoms with Gasteiger partial charge in [-0.1, -0.05) is 38.0 Å². The topological polar surface area (TPSA) is 12.0 Å². The van der Waals surface area contributed by atoms with E-state index >= 15 is 0 Å². The van der Waals surface area contributed by atoms with Crippen LogP contribution in [-0.2, 0) is 0 Å². The van der Waals surface area contributed by atoms with Gasteiger partial charge in [0, 0.05) is 0 Å². The van der Waals surface area contributed by atoms with Crippen LogP contribution in [-0.4, -0.2) is 13.1 Å². The van der Waals surface area contributed by atoms with Crippen LogP contribution in [0, 0.1) is 19.8 Å². The fraction of sp³-hybridized carbons (Fsp3) is 0.667. The molecular weight excluding hydrogens is 230 g/mol. The molecule has 1 aliphatic rings. The maximum absolute atomic E-state index is 3.63. The van der Waals surface area contributed by atoms with Gasteiger partial charge in [-0.05, 0) is 74.7 Å².